The van der Waals surface area contributed by atoms with Crippen LogP contribution in [0.3, 0.4) is 0 Å². The normalized spacial score (nSPS) is 10.6. The Morgan fingerprint density at radius 1 is 0.958 bits per heavy atom. The van der Waals surface area contributed by atoms with Gasteiger partial charge in [-0.05, 0) is 12.1 Å². The number of hydrogen-bond donors (Lipinski definition) is 1. The van der Waals surface area contributed by atoms with Crippen molar-refractivity contribution in [2.45, 2.75) is 0 Å². The molecule has 3 aromatic rings. The maximum absolute atomic E-state index is 12.6. The first-order valence-corrected chi connectivity index (χ1v) is 7.16. The Bertz CT molecular complexity index is 958. The van der Waals surface area contributed by atoms with Gasteiger partial charge in [0.25, 0.3) is 0 Å². The van der Waals surface area contributed by atoms with E-state index >= 15 is 0 Å². The largest absolute Gasteiger partial charge is 0.504 e. The fourth-order valence-electron chi connectivity index (χ4n) is 2.60. The number of ether oxygens (including phenoxy) is 3. The zero-order valence-corrected chi connectivity index (χ0v) is 13.5. The molecular weight excluding hydrogens is 312 g/mol. The zero-order valence-electron chi connectivity index (χ0n) is 13.5. The topological polar surface area (TPSA) is 78.1 Å². The Hall–Kier alpha value is -3.15. The van der Waals surface area contributed by atoms with Crippen LogP contribution in [0.25, 0.3) is 22.3 Å². The molecule has 0 radical (unpaired) electrons. The van der Waals surface area contributed by atoms with Crippen molar-refractivity contribution in [2.24, 2.45) is 0 Å². The Kier molecular flexibility index (Phi) is 4.04. The quantitative estimate of drug-likeness (QED) is 0.792. The minimum absolute atomic E-state index is 0.0691. The molecule has 24 heavy (non-hydrogen) atoms. The van der Waals surface area contributed by atoms with Crippen LogP contribution in [0.1, 0.15) is 0 Å². The molecular formula is C18H16O6. The molecule has 0 spiro atoms. The number of fused-ring (bicyclic) bond motifs is 1. The molecule has 1 heterocycles. The van der Waals surface area contributed by atoms with Crippen molar-refractivity contribution >= 4 is 11.0 Å². The maximum Gasteiger partial charge on any atom is 0.204 e. The summed E-state index contributed by atoms with van der Waals surface area (Å²) in [5, 5.41) is 10.3. The molecule has 0 amide bonds. The molecule has 0 fully saturated rings. The van der Waals surface area contributed by atoms with E-state index in [0.29, 0.717) is 17.1 Å². The van der Waals surface area contributed by atoms with Gasteiger partial charge in [0.05, 0.1) is 26.9 Å². The second-order valence-electron chi connectivity index (χ2n) is 5.01. The van der Waals surface area contributed by atoms with Crippen molar-refractivity contribution < 1.29 is 23.7 Å². The van der Waals surface area contributed by atoms with Gasteiger partial charge in [0.2, 0.25) is 5.75 Å². The van der Waals surface area contributed by atoms with Crippen LogP contribution in [-0.4, -0.2) is 26.4 Å². The lowest BCUT2D eigenvalue weighted by Gasteiger charge is -2.12. The molecule has 2 aromatic carbocycles. The summed E-state index contributed by atoms with van der Waals surface area (Å²) in [4.78, 5) is 12.6. The molecule has 0 bridgehead atoms. The van der Waals surface area contributed by atoms with E-state index in [-0.39, 0.29) is 33.6 Å². The van der Waals surface area contributed by atoms with Gasteiger partial charge in [-0.15, -0.1) is 0 Å². The first-order valence-electron chi connectivity index (χ1n) is 7.16. The second-order valence-corrected chi connectivity index (χ2v) is 5.01. The number of phenolic OH excluding ortho intramolecular Hbond substituents is 1. The van der Waals surface area contributed by atoms with Crippen molar-refractivity contribution in [3.63, 3.8) is 0 Å². The van der Waals surface area contributed by atoms with E-state index in [0.717, 1.165) is 0 Å². The van der Waals surface area contributed by atoms with Gasteiger partial charge in [-0.2, -0.15) is 0 Å². The first-order chi connectivity index (χ1) is 11.6. The average molecular weight is 328 g/mol. The van der Waals surface area contributed by atoms with Crippen molar-refractivity contribution in [1.29, 1.82) is 0 Å². The van der Waals surface area contributed by atoms with Gasteiger partial charge in [-0.3, -0.25) is 4.79 Å². The molecule has 1 N–H and O–H groups in total. The van der Waals surface area contributed by atoms with Crippen LogP contribution >= 0.6 is 0 Å². The van der Waals surface area contributed by atoms with Crippen LogP contribution in [0.15, 0.2) is 45.6 Å². The molecule has 3 rings (SSSR count). The molecule has 0 aliphatic carbocycles. The maximum atomic E-state index is 12.6. The number of para-hydroxylation sites is 1. The first kappa shape index (κ1) is 15.7. The van der Waals surface area contributed by atoms with E-state index in [1.165, 1.54) is 33.5 Å². The average Bonchev–Trinajstić information content (AvgIpc) is 2.60. The third kappa shape index (κ3) is 2.42. The number of aromatic hydroxyl groups is 1. The Morgan fingerprint density at radius 2 is 1.67 bits per heavy atom. The number of methoxy groups -OCH3 is 3. The molecule has 6 heteroatoms. The van der Waals surface area contributed by atoms with Gasteiger partial charge < -0.3 is 23.7 Å². The van der Waals surface area contributed by atoms with E-state index in [9.17, 15) is 9.90 Å². The molecule has 0 aliphatic heterocycles. The molecule has 0 aliphatic rings. The summed E-state index contributed by atoms with van der Waals surface area (Å²) in [5.74, 6) is 0.965. The van der Waals surface area contributed by atoms with Gasteiger partial charge in [0.1, 0.15) is 22.6 Å². The summed E-state index contributed by atoms with van der Waals surface area (Å²) in [6, 6.07) is 9.84. The summed E-state index contributed by atoms with van der Waals surface area (Å²) in [6.07, 6.45) is 0. The van der Waals surface area contributed by atoms with Crippen LogP contribution in [0.5, 0.6) is 23.0 Å². The lowest BCUT2D eigenvalue weighted by Crippen LogP contribution is -2.04. The number of rotatable bonds is 4. The molecule has 0 unspecified atom stereocenters. The van der Waals surface area contributed by atoms with Gasteiger partial charge in [0, 0.05) is 12.1 Å². The Morgan fingerprint density at radius 3 is 2.33 bits per heavy atom. The Labute approximate surface area is 137 Å². The van der Waals surface area contributed by atoms with Crippen molar-refractivity contribution in [3.05, 3.63) is 46.6 Å². The minimum atomic E-state index is -0.313. The predicted octanol–water partition coefficient (Wildman–Crippen LogP) is 3.19. The highest BCUT2D eigenvalue weighted by atomic mass is 16.5. The van der Waals surface area contributed by atoms with Crippen LogP contribution in [-0.2, 0) is 0 Å². The Balaban J connectivity index is 2.40. The highest BCUT2D eigenvalue weighted by Gasteiger charge is 2.20. The number of hydrogen-bond acceptors (Lipinski definition) is 6. The zero-order chi connectivity index (χ0) is 17.3. The van der Waals surface area contributed by atoms with E-state index < -0.39 is 0 Å². The van der Waals surface area contributed by atoms with Gasteiger partial charge in [-0.1, -0.05) is 12.1 Å². The summed E-state index contributed by atoms with van der Waals surface area (Å²) in [5.41, 5.74) is 0.415. The molecule has 0 saturated heterocycles. The second kappa shape index (κ2) is 6.16. The van der Waals surface area contributed by atoms with Gasteiger partial charge in [-0.25, -0.2) is 0 Å². The third-order valence-electron chi connectivity index (χ3n) is 3.70. The lowest BCUT2D eigenvalue weighted by molar-refractivity contribution is 0.364. The fraction of sp³-hybridized carbons (Fsp3) is 0.167. The van der Waals surface area contributed by atoms with Crippen LogP contribution in [0.2, 0.25) is 0 Å². The third-order valence-corrected chi connectivity index (χ3v) is 3.70. The predicted molar refractivity (Wildman–Crippen MR) is 89.2 cm³/mol. The smallest absolute Gasteiger partial charge is 0.204 e. The van der Waals surface area contributed by atoms with E-state index in [4.69, 9.17) is 18.6 Å². The van der Waals surface area contributed by atoms with E-state index in [1.807, 2.05) is 12.1 Å². The molecule has 1 aromatic heterocycles. The highest BCUT2D eigenvalue weighted by Crippen LogP contribution is 2.41. The summed E-state index contributed by atoms with van der Waals surface area (Å²) in [7, 11) is 4.33. The van der Waals surface area contributed by atoms with Gasteiger partial charge in [0.15, 0.2) is 16.8 Å². The highest BCUT2D eigenvalue weighted by molar-refractivity contribution is 5.92. The van der Waals surface area contributed by atoms with Crippen molar-refractivity contribution in [2.75, 3.05) is 21.3 Å². The van der Waals surface area contributed by atoms with Crippen molar-refractivity contribution in [1.82, 2.24) is 0 Å². The summed E-state index contributed by atoms with van der Waals surface area (Å²) < 4.78 is 21.6. The molecule has 6 nitrogen and oxygen atoms in total. The van der Waals surface area contributed by atoms with Crippen LogP contribution in [0.4, 0.5) is 0 Å². The van der Waals surface area contributed by atoms with Gasteiger partial charge >= 0.3 is 0 Å². The van der Waals surface area contributed by atoms with Crippen molar-refractivity contribution in [3.8, 4) is 34.3 Å². The molecule has 124 valence electrons. The molecule has 0 atom stereocenters. The van der Waals surface area contributed by atoms with E-state index in [2.05, 4.69) is 0 Å². The summed E-state index contributed by atoms with van der Waals surface area (Å²) in [6.45, 7) is 0. The summed E-state index contributed by atoms with van der Waals surface area (Å²) >= 11 is 0. The number of phenols is 1. The monoisotopic (exact) mass is 328 g/mol. The minimum Gasteiger partial charge on any atom is -0.504 e. The number of benzene rings is 2. The standard InChI is InChI=1S/C18H16O6/c1-21-13-7-5-4-6-10(13)14-8-11(19)16-15(22-2)9-12(20)17(23-3)18(16)24-14/h4-9,20H,1-3H3. The van der Waals surface area contributed by atoms with Crippen LogP contribution in [0, 0.1) is 0 Å². The molecule has 0 saturated carbocycles. The lowest BCUT2D eigenvalue weighted by atomic mass is 10.1. The van der Waals surface area contributed by atoms with Crippen LogP contribution < -0.4 is 19.6 Å². The fourth-order valence-corrected chi connectivity index (χ4v) is 2.60. The SMILES string of the molecule is COc1ccccc1-c1cc(=O)c2c(OC)cc(O)c(OC)c2o1. The van der Waals surface area contributed by atoms with E-state index in [1.54, 1.807) is 12.1 Å².